The SMILES string of the molecule is CCC[C@H]1C(=O)N[C@@H]([C@@H](C)CC)C(=O)N(C2CC2)CC(=O)N(C)[C@H]2C/C=C\CCN(C2=O)[C@@H](Cc2ccc(C(F)(F)F)cc2)C(=O)N(C)CC(=O)N[C@@H](CCc2cc(F)c(C(F)(F)F)c(F)c2)C(=O)N2C[C@H](OCC)C[C@H]2C(=O)N(C)C2(CCC2)C(=O)N(C)[C@@H](C2CCCC2)C(=O)N(C)[C@H](C(=O)N2CCCCC2)CC(=O)N1C. The van der Waals surface area contributed by atoms with Crippen molar-refractivity contribution in [2.45, 2.75) is 247 Å². The molecule has 2 aromatic rings. The number of benzene rings is 2. The lowest BCUT2D eigenvalue weighted by atomic mass is 9.73. The molecule has 2 aromatic carbocycles. The maximum atomic E-state index is 15.9. The van der Waals surface area contributed by atoms with Gasteiger partial charge in [-0.15, -0.1) is 0 Å². The topological polar surface area (TPSA) is 271 Å². The van der Waals surface area contributed by atoms with Gasteiger partial charge in [0, 0.05) is 94.0 Å². The van der Waals surface area contributed by atoms with E-state index in [9.17, 15) is 35.9 Å². The van der Waals surface area contributed by atoms with Crippen molar-refractivity contribution in [2.75, 3.05) is 88.2 Å². The number of alkyl halides is 6. The maximum absolute atomic E-state index is 15.9. The molecule has 2 bridgehead atoms. The zero-order valence-corrected chi connectivity index (χ0v) is 66.4. The van der Waals surface area contributed by atoms with Crippen molar-refractivity contribution in [1.82, 2.24) is 59.6 Å². The van der Waals surface area contributed by atoms with E-state index < -0.39 is 228 Å². The number of carbonyl (C=O) groups excluding carboxylic acids is 12. The zero-order valence-electron chi connectivity index (χ0n) is 66.4. The van der Waals surface area contributed by atoms with Gasteiger partial charge in [-0.3, -0.25) is 57.5 Å². The Morgan fingerprint density at radius 1 is 0.619 bits per heavy atom. The van der Waals surface area contributed by atoms with Crippen LogP contribution in [0.3, 0.4) is 0 Å². The van der Waals surface area contributed by atoms with E-state index in [2.05, 4.69) is 10.6 Å². The highest BCUT2D eigenvalue weighted by Gasteiger charge is 2.57. The number of rotatable bonds is 14. The van der Waals surface area contributed by atoms with Crippen molar-refractivity contribution in [3.05, 3.63) is 82.4 Å². The molecule has 624 valence electrons. The van der Waals surface area contributed by atoms with E-state index >= 15 is 56.7 Å². The fraction of sp³-hybridized carbons (Fsp3) is 0.675. The first-order chi connectivity index (χ1) is 53.4. The number of nitrogens with zero attached hydrogens (tertiary/aromatic N) is 10. The third-order valence-electron chi connectivity index (χ3n) is 24.2. The molecule has 7 aliphatic rings. The summed E-state index contributed by atoms with van der Waals surface area (Å²) in [6.45, 7) is 5.59. The second kappa shape index (κ2) is 37.7. The van der Waals surface area contributed by atoms with E-state index in [-0.39, 0.29) is 63.8 Å². The Kier molecular flexibility index (Phi) is 29.4. The van der Waals surface area contributed by atoms with Gasteiger partial charge in [0.15, 0.2) is 0 Å². The molecular formula is C80H110F8N12O13. The average Bonchev–Trinajstić information content (AvgIpc) is 1.73. The molecule has 0 radical (unpaired) electrons. The fourth-order valence-electron chi connectivity index (χ4n) is 16.9. The van der Waals surface area contributed by atoms with Crippen LogP contribution in [0.2, 0.25) is 0 Å². The Morgan fingerprint density at radius 2 is 1.27 bits per heavy atom. The summed E-state index contributed by atoms with van der Waals surface area (Å²) in [5, 5.41) is 5.51. The monoisotopic (exact) mass is 1600 g/mol. The summed E-state index contributed by atoms with van der Waals surface area (Å²) in [7, 11) is 8.12. The molecule has 2 N–H and O–H groups in total. The molecule has 4 heterocycles. The number of aryl methyl sites for hydroxylation is 1. The second-order valence-corrected chi connectivity index (χ2v) is 31.7. The molecule has 3 saturated heterocycles. The molecule has 3 aliphatic carbocycles. The Labute approximate surface area is 655 Å². The second-order valence-electron chi connectivity index (χ2n) is 31.7. The third kappa shape index (κ3) is 20.3. The average molecular weight is 1600 g/mol. The molecule has 0 unspecified atom stereocenters. The van der Waals surface area contributed by atoms with E-state index in [4.69, 9.17) is 4.74 Å². The van der Waals surface area contributed by atoms with Crippen LogP contribution >= 0.6 is 0 Å². The highest BCUT2D eigenvalue weighted by atomic mass is 19.4. The predicted molar refractivity (Wildman–Crippen MR) is 397 cm³/mol. The predicted octanol–water partition coefficient (Wildman–Crippen LogP) is 7.29. The number of nitrogens with one attached hydrogen (secondary N) is 2. The van der Waals surface area contributed by atoms with Gasteiger partial charge in [0.1, 0.15) is 77.6 Å². The summed E-state index contributed by atoms with van der Waals surface area (Å²) in [6, 6.07) is -7.51. The molecular weight excluding hydrogens is 1490 g/mol. The van der Waals surface area contributed by atoms with Crippen molar-refractivity contribution in [3.63, 3.8) is 0 Å². The Morgan fingerprint density at radius 3 is 1.84 bits per heavy atom. The minimum atomic E-state index is -5.46. The summed E-state index contributed by atoms with van der Waals surface area (Å²) < 4.78 is 121. The van der Waals surface area contributed by atoms with Gasteiger partial charge < -0.3 is 64.4 Å². The lowest BCUT2D eigenvalue weighted by Gasteiger charge is -2.51. The number of fused-ring (bicyclic) bond motifs is 3. The summed E-state index contributed by atoms with van der Waals surface area (Å²) >= 11 is 0. The van der Waals surface area contributed by atoms with Crippen molar-refractivity contribution >= 4 is 70.9 Å². The molecule has 33 heteroatoms. The number of carbonyl (C=O) groups is 12. The van der Waals surface area contributed by atoms with Crippen molar-refractivity contribution < 1.29 is 97.4 Å². The largest absolute Gasteiger partial charge is 0.422 e. The first kappa shape index (κ1) is 88.2. The Hall–Kier alpha value is -8.78. The lowest BCUT2D eigenvalue weighted by molar-refractivity contribution is -0.166. The van der Waals surface area contributed by atoms with E-state index in [1.807, 2.05) is 0 Å². The van der Waals surface area contributed by atoms with E-state index in [0.29, 0.717) is 95.9 Å². The van der Waals surface area contributed by atoms with Crippen LogP contribution in [0.4, 0.5) is 35.1 Å². The molecule has 25 nitrogen and oxygen atoms in total. The molecule has 3 saturated carbocycles. The number of hydrogen-bond donors (Lipinski definition) is 2. The molecule has 113 heavy (non-hydrogen) atoms. The third-order valence-corrected chi connectivity index (χ3v) is 24.2. The fourth-order valence-corrected chi connectivity index (χ4v) is 16.9. The molecule has 1 spiro atoms. The number of halogens is 8. The van der Waals surface area contributed by atoms with Gasteiger partial charge in [-0.25, -0.2) is 8.78 Å². The number of amides is 12. The lowest BCUT2D eigenvalue weighted by Crippen LogP contribution is -2.68. The van der Waals surface area contributed by atoms with Crippen molar-refractivity contribution in [3.8, 4) is 0 Å². The number of piperidine rings is 1. The summed E-state index contributed by atoms with van der Waals surface area (Å²) in [6.07, 6.45) is -3.64. The van der Waals surface area contributed by atoms with Crippen LogP contribution in [0.1, 0.15) is 178 Å². The van der Waals surface area contributed by atoms with Crippen LogP contribution < -0.4 is 10.6 Å². The van der Waals surface area contributed by atoms with Crippen molar-refractivity contribution in [1.29, 1.82) is 0 Å². The number of likely N-dealkylation sites (N-methyl/N-ethyl adjacent to an activating group) is 6. The Balaban J connectivity index is 1.15. The number of ether oxygens (including phenoxy) is 1. The van der Waals surface area contributed by atoms with Gasteiger partial charge in [0.05, 0.1) is 24.6 Å². The molecule has 12 amide bonds. The van der Waals surface area contributed by atoms with Crippen LogP contribution in [0.5, 0.6) is 0 Å². The van der Waals surface area contributed by atoms with Crippen LogP contribution in [-0.2, 0) is 87.5 Å². The van der Waals surface area contributed by atoms with E-state index in [1.165, 1.54) is 59.7 Å². The highest BCUT2D eigenvalue weighted by molar-refractivity contribution is 6.01. The minimum Gasteiger partial charge on any atom is -0.377 e. The zero-order chi connectivity index (χ0) is 82.9. The van der Waals surface area contributed by atoms with Gasteiger partial charge in [-0.1, -0.05) is 70.7 Å². The van der Waals surface area contributed by atoms with Gasteiger partial charge in [-0.2, -0.15) is 26.3 Å². The van der Waals surface area contributed by atoms with Crippen molar-refractivity contribution in [2.24, 2.45) is 11.8 Å². The van der Waals surface area contributed by atoms with Crippen LogP contribution in [0.15, 0.2) is 48.6 Å². The maximum Gasteiger partial charge on any atom is 0.422 e. The van der Waals surface area contributed by atoms with Crippen LogP contribution in [-0.4, -0.2) is 274 Å². The summed E-state index contributed by atoms with van der Waals surface area (Å²) in [5.41, 5.74) is -5.16. The van der Waals surface area contributed by atoms with E-state index in [0.717, 1.165) is 57.3 Å². The van der Waals surface area contributed by atoms with Gasteiger partial charge in [0.25, 0.3) is 0 Å². The molecule has 4 aliphatic heterocycles. The Bertz CT molecular complexity index is 3820. The smallest absolute Gasteiger partial charge is 0.377 e. The summed E-state index contributed by atoms with van der Waals surface area (Å²) in [4.78, 5) is 197. The first-order valence-electron chi connectivity index (χ1n) is 39.7. The molecule has 0 aromatic heterocycles. The molecule has 10 atom stereocenters. The van der Waals surface area contributed by atoms with Crippen LogP contribution in [0.25, 0.3) is 0 Å². The highest BCUT2D eigenvalue weighted by Crippen LogP contribution is 2.43. The standard InChI is InChI=1S/C80H110F8N12O13/c1-11-23-58-69(104)90-67(48(4)12-2)75(110)99(53-32-33-53)47-65(103)93(7)59-26-16-14-21-39-98(74(59)109)61(42-49-27-30-52(31-28-49)79(83,84)85)71(106)91(5)46-63(101)89-57(34-29-50-40-55(81)66(56(82)41-50)80(86,87)88)70(105)100-45-54(113-13-3)43-62(100)72(107)96(10)78(35-22-36-78)77(112)95(9)68(51-24-17-18-25-51)76(111)94(8)60(44-64(102)92(58)6)73(108)97-37-19-15-20-38-97/h14,16,27-28,30-31,40-41,48,51,53-54,57-62,67-68H,11-13,15,17-26,29,32-39,42-47H2,1-10H3,(H,89,101)(H,90,104)/b16-14-/t48-,54+,57-,58-,59-,60-,61-,62-,67-,68-/m0/s1. The first-order valence-corrected chi connectivity index (χ1v) is 39.7. The van der Waals surface area contributed by atoms with Gasteiger partial charge >= 0.3 is 12.4 Å². The quantitative estimate of drug-likeness (QED) is 0.139. The molecule has 6 fully saturated rings. The van der Waals surface area contributed by atoms with Crippen LogP contribution in [0, 0.1) is 23.5 Å². The number of hydrogen-bond acceptors (Lipinski definition) is 13. The summed E-state index contributed by atoms with van der Waals surface area (Å²) in [5.74, 6) is -14.4. The van der Waals surface area contributed by atoms with Gasteiger partial charge in [-0.05, 0) is 150 Å². The van der Waals surface area contributed by atoms with Gasteiger partial charge in [0.2, 0.25) is 70.9 Å². The normalized spacial score (nSPS) is 27.0. The molecule has 9 rings (SSSR count). The van der Waals surface area contributed by atoms with E-state index in [1.54, 1.807) is 44.7 Å². The minimum absolute atomic E-state index is 0.0639. The number of likely N-dealkylation sites (tertiary alicyclic amines) is 1.